The summed E-state index contributed by atoms with van der Waals surface area (Å²) in [6.45, 7) is 1.46. The Kier molecular flexibility index (Phi) is 3.44. The summed E-state index contributed by atoms with van der Waals surface area (Å²) in [4.78, 5) is 4.85. The predicted molar refractivity (Wildman–Crippen MR) is 78.5 cm³/mol. The Balaban J connectivity index is 1.99. The van der Waals surface area contributed by atoms with Crippen molar-refractivity contribution in [3.8, 4) is 6.07 Å². The second-order valence-corrected chi connectivity index (χ2v) is 7.46. The topological polar surface area (TPSA) is 99.8 Å². The predicted octanol–water partition coefficient (Wildman–Crippen LogP) is 0.800. The molecule has 2 aromatic heterocycles. The summed E-state index contributed by atoms with van der Waals surface area (Å²) in [6, 6.07) is 2.11. The van der Waals surface area contributed by atoms with Crippen molar-refractivity contribution in [2.45, 2.75) is 18.0 Å². The molecule has 2 N–H and O–H groups in total. The summed E-state index contributed by atoms with van der Waals surface area (Å²) in [5.41, 5.74) is 1.37. The molecule has 0 amide bonds. The molecule has 0 saturated heterocycles. The van der Waals surface area contributed by atoms with E-state index in [2.05, 4.69) is 21.1 Å². The SMILES string of the molecule is Cn1cnc(S(=O)(=O)Nc2sc3c(c2C#N)CCNC3)c1. The van der Waals surface area contributed by atoms with Gasteiger partial charge in [0.25, 0.3) is 10.0 Å². The van der Waals surface area contributed by atoms with Gasteiger partial charge in [0.05, 0.1) is 11.9 Å². The quantitative estimate of drug-likeness (QED) is 0.870. The summed E-state index contributed by atoms with van der Waals surface area (Å²) in [5.74, 6) is 0. The smallest absolute Gasteiger partial charge is 0.281 e. The largest absolute Gasteiger partial charge is 0.339 e. The molecule has 7 nitrogen and oxygen atoms in total. The van der Waals surface area contributed by atoms with Crippen LogP contribution < -0.4 is 10.0 Å². The van der Waals surface area contributed by atoms with Gasteiger partial charge in [-0.15, -0.1) is 11.3 Å². The molecule has 0 aliphatic carbocycles. The van der Waals surface area contributed by atoms with Crippen LogP contribution in [0.15, 0.2) is 17.6 Å². The van der Waals surface area contributed by atoms with Gasteiger partial charge in [0.2, 0.25) is 0 Å². The van der Waals surface area contributed by atoms with E-state index in [1.165, 1.54) is 23.9 Å². The third-order valence-electron chi connectivity index (χ3n) is 3.22. The molecule has 1 aliphatic heterocycles. The number of fused-ring (bicyclic) bond motifs is 1. The zero-order valence-electron chi connectivity index (χ0n) is 11.3. The molecule has 0 fully saturated rings. The van der Waals surface area contributed by atoms with E-state index in [0.29, 0.717) is 17.1 Å². The molecular weight excluding hydrogens is 310 g/mol. The van der Waals surface area contributed by atoms with Crippen molar-refractivity contribution in [1.29, 1.82) is 5.26 Å². The van der Waals surface area contributed by atoms with Crippen LogP contribution in [0.25, 0.3) is 0 Å². The fourth-order valence-electron chi connectivity index (χ4n) is 2.23. The molecule has 110 valence electrons. The van der Waals surface area contributed by atoms with Gasteiger partial charge in [-0.05, 0) is 18.5 Å². The van der Waals surface area contributed by atoms with Crippen molar-refractivity contribution in [3.63, 3.8) is 0 Å². The van der Waals surface area contributed by atoms with Gasteiger partial charge in [0.1, 0.15) is 11.1 Å². The lowest BCUT2D eigenvalue weighted by molar-refractivity contribution is 0.598. The number of hydrogen-bond donors (Lipinski definition) is 2. The van der Waals surface area contributed by atoms with Crippen molar-refractivity contribution in [3.05, 3.63) is 28.5 Å². The third-order valence-corrected chi connectivity index (χ3v) is 5.73. The highest BCUT2D eigenvalue weighted by Gasteiger charge is 2.25. The first-order chi connectivity index (χ1) is 10.0. The molecule has 21 heavy (non-hydrogen) atoms. The molecule has 0 saturated carbocycles. The number of nitrogens with one attached hydrogen (secondary N) is 2. The second kappa shape index (κ2) is 5.14. The van der Waals surface area contributed by atoms with E-state index in [0.717, 1.165) is 23.4 Å². The van der Waals surface area contributed by atoms with E-state index in [1.54, 1.807) is 11.6 Å². The Morgan fingerprint density at radius 2 is 2.38 bits per heavy atom. The zero-order chi connectivity index (χ0) is 15.0. The third kappa shape index (κ3) is 2.53. The highest BCUT2D eigenvalue weighted by Crippen LogP contribution is 2.35. The van der Waals surface area contributed by atoms with Gasteiger partial charge in [-0.1, -0.05) is 0 Å². The van der Waals surface area contributed by atoms with Gasteiger partial charge in [-0.25, -0.2) is 4.98 Å². The molecule has 3 heterocycles. The number of anilines is 1. The van der Waals surface area contributed by atoms with Crippen molar-refractivity contribution < 1.29 is 8.42 Å². The van der Waals surface area contributed by atoms with E-state index < -0.39 is 10.0 Å². The Labute approximate surface area is 126 Å². The second-order valence-electron chi connectivity index (χ2n) is 4.73. The Bertz CT molecular complexity index is 828. The lowest BCUT2D eigenvalue weighted by Crippen LogP contribution is -2.22. The minimum Gasteiger partial charge on any atom is -0.339 e. The molecular formula is C12H13N5O2S2. The van der Waals surface area contributed by atoms with Crippen LogP contribution in [0.4, 0.5) is 5.00 Å². The fraction of sp³-hybridized carbons (Fsp3) is 0.333. The van der Waals surface area contributed by atoms with E-state index in [9.17, 15) is 13.7 Å². The van der Waals surface area contributed by atoms with Crippen LogP contribution in [-0.2, 0) is 30.0 Å². The number of sulfonamides is 1. The lowest BCUT2D eigenvalue weighted by atomic mass is 10.1. The van der Waals surface area contributed by atoms with Gasteiger partial charge in [-0.2, -0.15) is 13.7 Å². The first-order valence-corrected chi connectivity index (χ1v) is 8.57. The van der Waals surface area contributed by atoms with Crippen LogP contribution in [0.2, 0.25) is 0 Å². The Hall–Kier alpha value is -1.89. The molecule has 1 aliphatic rings. The van der Waals surface area contributed by atoms with Crippen LogP contribution >= 0.6 is 11.3 Å². The molecule has 0 aromatic carbocycles. The molecule has 0 bridgehead atoms. The number of rotatable bonds is 3. The van der Waals surface area contributed by atoms with Gasteiger partial charge < -0.3 is 9.88 Å². The summed E-state index contributed by atoms with van der Waals surface area (Å²) in [5, 5.41) is 12.8. The maximum atomic E-state index is 12.3. The number of nitrogens with zero attached hydrogens (tertiary/aromatic N) is 3. The van der Waals surface area contributed by atoms with Crippen molar-refractivity contribution in [2.75, 3.05) is 11.3 Å². The average Bonchev–Trinajstić information content (AvgIpc) is 3.01. The molecule has 2 aromatic rings. The van der Waals surface area contributed by atoms with Gasteiger partial charge >= 0.3 is 0 Å². The van der Waals surface area contributed by atoms with Gasteiger partial charge in [0.15, 0.2) is 5.03 Å². The monoisotopic (exact) mass is 323 g/mol. The highest BCUT2D eigenvalue weighted by molar-refractivity contribution is 7.92. The van der Waals surface area contributed by atoms with E-state index >= 15 is 0 Å². The molecule has 0 radical (unpaired) electrons. The minimum atomic E-state index is -3.77. The lowest BCUT2D eigenvalue weighted by Gasteiger charge is -2.11. The first kappa shape index (κ1) is 14.1. The number of imidazole rings is 1. The number of thiophene rings is 1. The van der Waals surface area contributed by atoms with Gasteiger partial charge in [-0.3, -0.25) is 4.72 Å². The number of aryl methyl sites for hydroxylation is 1. The van der Waals surface area contributed by atoms with Gasteiger partial charge in [0, 0.05) is 24.7 Å². The Morgan fingerprint density at radius 3 is 3.05 bits per heavy atom. The summed E-state index contributed by atoms with van der Waals surface area (Å²) >= 11 is 1.31. The summed E-state index contributed by atoms with van der Waals surface area (Å²) in [6.07, 6.45) is 3.58. The van der Waals surface area contributed by atoms with Crippen LogP contribution in [0, 0.1) is 11.3 Å². The van der Waals surface area contributed by atoms with Crippen molar-refractivity contribution in [1.82, 2.24) is 14.9 Å². The molecule has 3 rings (SSSR count). The average molecular weight is 323 g/mol. The van der Waals surface area contributed by atoms with Crippen LogP contribution in [-0.4, -0.2) is 24.5 Å². The standard InChI is InChI=1S/C12H13N5O2S2/c1-17-6-11(15-7-17)21(18,19)16-12-9(4-13)8-2-3-14-5-10(8)20-12/h6-7,14,16H,2-3,5H2,1H3. The van der Waals surface area contributed by atoms with E-state index in [4.69, 9.17) is 0 Å². The summed E-state index contributed by atoms with van der Waals surface area (Å²) in [7, 11) is -2.07. The first-order valence-electron chi connectivity index (χ1n) is 6.27. The number of hydrogen-bond acceptors (Lipinski definition) is 6. The normalized spacial score (nSPS) is 14.5. The summed E-state index contributed by atoms with van der Waals surface area (Å²) < 4.78 is 28.6. The van der Waals surface area contributed by atoms with Crippen LogP contribution in [0.3, 0.4) is 0 Å². The number of nitriles is 1. The van der Waals surface area contributed by atoms with Crippen LogP contribution in [0.5, 0.6) is 0 Å². The van der Waals surface area contributed by atoms with E-state index in [-0.39, 0.29) is 5.03 Å². The molecule has 9 heteroatoms. The van der Waals surface area contributed by atoms with Crippen LogP contribution in [0.1, 0.15) is 16.0 Å². The molecule has 0 spiro atoms. The van der Waals surface area contributed by atoms with Crippen molar-refractivity contribution in [2.24, 2.45) is 7.05 Å². The fourth-order valence-corrected chi connectivity index (χ4v) is 4.68. The maximum Gasteiger partial charge on any atom is 0.281 e. The maximum absolute atomic E-state index is 12.3. The minimum absolute atomic E-state index is 0.0570. The molecule has 0 unspecified atom stereocenters. The number of aromatic nitrogens is 2. The molecule has 0 atom stereocenters. The van der Waals surface area contributed by atoms with Crippen molar-refractivity contribution >= 4 is 26.4 Å². The highest BCUT2D eigenvalue weighted by atomic mass is 32.2. The Morgan fingerprint density at radius 1 is 1.57 bits per heavy atom. The van der Waals surface area contributed by atoms with E-state index in [1.807, 2.05) is 0 Å². The zero-order valence-corrected chi connectivity index (χ0v) is 12.9.